The summed E-state index contributed by atoms with van der Waals surface area (Å²) in [5, 5.41) is 9.32. The Bertz CT molecular complexity index is 1360. The van der Waals surface area contributed by atoms with Gasteiger partial charge < -0.3 is 9.47 Å². The number of hydrogen-bond donors (Lipinski definition) is 0. The van der Waals surface area contributed by atoms with Crippen molar-refractivity contribution in [2.24, 2.45) is 0 Å². The van der Waals surface area contributed by atoms with Gasteiger partial charge in [-0.25, -0.2) is 0 Å². The molecule has 0 aliphatic heterocycles. The van der Waals surface area contributed by atoms with Crippen LogP contribution < -0.4 is 9.47 Å². The van der Waals surface area contributed by atoms with Gasteiger partial charge in [0.15, 0.2) is 17.3 Å². The standard InChI is InChI=1S/C28H24N2O3/c1-16(2)32-24-13-21-22(14-25(24)33-19-7-9-30-10-8-19)28(3,4)23-12-18-11-17(15-29)5-6-20(18)26(23)27(21)31/h5-11,13-14,16H,12H2,1-4H3. The van der Waals surface area contributed by atoms with Gasteiger partial charge >= 0.3 is 0 Å². The number of benzene rings is 2. The highest BCUT2D eigenvalue weighted by Gasteiger charge is 2.43. The number of carbonyl (C=O) groups is 1. The van der Waals surface area contributed by atoms with E-state index in [1.54, 1.807) is 30.6 Å². The number of allylic oxidation sites excluding steroid dienone is 2. The number of carbonyl (C=O) groups excluding carboxylic acids is 1. The highest BCUT2D eigenvalue weighted by molar-refractivity contribution is 6.33. The molecule has 0 fully saturated rings. The van der Waals surface area contributed by atoms with Crippen molar-refractivity contribution >= 4 is 11.4 Å². The predicted octanol–water partition coefficient (Wildman–Crippen LogP) is 6.02. The van der Waals surface area contributed by atoms with Gasteiger partial charge in [-0.2, -0.15) is 5.26 Å². The molecule has 0 saturated carbocycles. The fourth-order valence-electron chi connectivity index (χ4n) is 4.81. The molecule has 0 bridgehead atoms. The molecule has 0 saturated heterocycles. The first kappa shape index (κ1) is 21.0. The molecule has 0 atom stereocenters. The van der Waals surface area contributed by atoms with Crippen LogP contribution in [0.5, 0.6) is 17.2 Å². The first-order valence-corrected chi connectivity index (χ1v) is 11.0. The van der Waals surface area contributed by atoms with Crippen LogP contribution in [-0.4, -0.2) is 16.9 Å². The van der Waals surface area contributed by atoms with Gasteiger partial charge in [0.25, 0.3) is 0 Å². The minimum Gasteiger partial charge on any atom is -0.487 e. The summed E-state index contributed by atoms with van der Waals surface area (Å²) in [6, 6.07) is 15.1. The molecule has 2 aliphatic rings. The normalized spacial score (nSPS) is 15.6. The number of aromatic nitrogens is 1. The van der Waals surface area contributed by atoms with Crippen LogP contribution in [0.1, 0.15) is 60.3 Å². The molecule has 1 aromatic heterocycles. The third-order valence-corrected chi connectivity index (χ3v) is 6.40. The lowest BCUT2D eigenvalue weighted by Crippen LogP contribution is -2.30. The van der Waals surface area contributed by atoms with Crippen LogP contribution in [0.3, 0.4) is 0 Å². The van der Waals surface area contributed by atoms with Crippen LogP contribution >= 0.6 is 0 Å². The Balaban J connectivity index is 1.66. The summed E-state index contributed by atoms with van der Waals surface area (Å²) in [7, 11) is 0. The molecular weight excluding hydrogens is 412 g/mol. The lowest BCUT2D eigenvalue weighted by molar-refractivity contribution is 0.105. The minimum atomic E-state index is -0.392. The number of fused-ring (bicyclic) bond motifs is 3. The number of nitriles is 1. The zero-order chi connectivity index (χ0) is 23.3. The van der Waals surface area contributed by atoms with Crippen molar-refractivity contribution in [3.8, 4) is 23.3 Å². The van der Waals surface area contributed by atoms with Gasteiger partial charge in [0, 0.05) is 28.9 Å². The Morgan fingerprint density at radius 1 is 1.03 bits per heavy atom. The lowest BCUT2D eigenvalue weighted by Gasteiger charge is -2.35. The number of hydrogen-bond acceptors (Lipinski definition) is 5. The number of nitrogens with zero attached hydrogens (tertiary/aromatic N) is 2. The quantitative estimate of drug-likeness (QED) is 0.500. The van der Waals surface area contributed by atoms with E-state index in [1.807, 2.05) is 38.1 Å². The van der Waals surface area contributed by atoms with Crippen LogP contribution in [-0.2, 0) is 11.8 Å². The van der Waals surface area contributed by atoms with Gasteiger partial charge in [-0.05, 0) is 78.9 Å². The highest BCUT2D eigenvalue weighted by atomic mass is 16.5. The number of ether oxygens (including phenoxy) is 2. The Hall–Kier alpha value is -3.91. The smallest absolute Gasteiger partial charge is 0.194 e. The second kappa shape index (κ2) is 7.60. The van der Waals surface area contributed by atoms with E-state index in [0.717, 1.165) is 27.8 Å². The number of pyridine rings is 1. The second-order valence-corrected chi connectivity index (χ2v) is 9.26. The van der Waals surface area contributed by atoms with Crippen LogP contribution in [0.4, 0.5) is 0 Å². The molecule has 3 aromatic rings. The fraction of sp³-hybridized carbons (Fsp3) is 0.250. The molecule has 0 spiro atoms. The highest BCUT2D eigenvalue weighted by Crippen LogP contribution is 2.52. The Morgan fingerprint density at radius 3 is 2.48 bits per heavy atom. The Kier molecular flexibility index (Phi) is 4.83. The first-order valence-electron chi connectivity index (χ1n) is 11.0. The minimum absolute atomic E-state index is 0.00755. The summed E-state index contributed by atoms with van der Waals surface area (Å²) in [5.41, 5.74) is 5.56. The molecule has 33 heavy (non-hydrogen) atoms. The summed E-state index contributed by atoms with van der Waals surface area (Å²) in [6.07, 6.45) is 3.92. The van der Waals surface area contributed by atoms with E-state index in [0.29, 0.717) is 34.8 Å². The van der Waals surface area contributed by atoms with E-state index < -0.39 is 5.41 Å². The first-order chi connectivity index (χ1) is 15.8. The summed E-state index contributed by atoms with van der Waals surface area (Å²) < 4.78 is 12.2. The molecule has 5 nitrogen and oxygen atoms in total. The van der Waals surface area contributed by atoms with Gasteiger partial charge in [0.2, 0.25) is 0 Å². The average Bonchev–Trinajstić information content (AvgIpc) is 3.19. The van der Waals surface area contributed by atoms with E-state index >= 15 is 0 Å². The van der Waals surface area contributed by atoms with Crippen LogP contribution in [0.15, 0.2) is 60.4 Å². The van der Waals surface area contributed by atoms with Crippen LogP contribution in [0.25, 0.3) is 5.57 Å². The third kappa shape index (κ3) is 3.39. The fourth-order valence-corrected chi connectivity index (χ4v) is 4.81. The maximum Gasteiger partial charge on any atom is 0.194 e. The molecule has 0 amide bonds. The van der Waals surface area contributed by atoms with Crippen LogP contribution in [0.2, 0.25) is 0 Å². The van der Waals surface area contributed by atoms with Gasteiger partial charge in [-0.15, -0.1) is 0 Å². The van der Waals surface area contributed by atoms with Crippen molar-refractivity contribution in [2.45, 2.75) is 45.6 Å². The molecular formula is C28H24N2O3. The van der Waals surface area contributed by atoms with Crippen molar-refractivity contribution in [3.05, 3.63) is 88.2 Å². The molecule has 0 N–H and O–H groups in total. The van der Waals surface area contributed by atoms with E-state index in [2.05, 4.69) is 24.9 Å². The van der Waals surface area contributed by atoms with Gasteiger partial charge in [0.1, 0.15) is 5.75 Å². The maximum absolute atomic E-state index is 13.8. The second-order valence-electron chi connectivity index (χ2n) is 9.26. The maximum atomic E-state index is 13.8. The topological polar surface area (TPSA) is 72.2 Å². The van der Waals surface area contributed by atoms with E-state index in [-0.39, 0.29) is 11.9 Å². The SMILES string of the molecule is CC(C)Oc1cc2c(cc1Oc1ccncc1)C(C)(C)C1=C(C2=O)c2ccc(C#N)cc2C1. The summed E-state index contributed by atoms with van der Waals surface area (Å²) in [5.74, 6) is 1.75. The lowest BCUT2D eigenvalue weighted by atomic mass is 9.68. The largest absolute Gasteiger partial charge is 0.487 e. The molecule has 1 heterocycles. The zero-order valence-electron chi connectivity index (χ0n) is 19.1. The Morgan fingerprint density at radius 2 is 1.79 bits per heavy atom. The Labute approximate surface area is 193 Å². The number of ketones is 1. The summed E-state index contributed by atoms with van der Waals surface area (Å²) in [6.45, 7) is 8.18. The third-order valence-electron chi connectivity index (χ3n) is 6.40. The van der Waals surface area contributed by atoms with Crippen molar-refractivity contribution < 1.29 is 14.3 Å². The van der Waals surface area contributed by atoms with Crippen LogP contribution in [0, 0.1) is 11.3 Å². The predicted molar refractivity (Wildman–Crippen MR) is 126 cm³/mol. The van der Waals surface area contributed by atoms with E-state index in [4.69, 9.17) is 9.47 Å². The molecule has 2 aliphatic carbocycles. The molecule has 0 unspecified atom stereocenters. The van der Waals surface area contributed by atoms with Gasteiger partial charge in [0.05, 0.1) is 17.7 Å². The molecule has 164 valence electrons. The zero-order valence-corrected chi connectivity index (χ0v) is 19.1. The molecule has 5 rings (SSSR count). The van der Waals surface area contributed by atoms with Crippen molar-refractivity contribution in [3.63, 3.8) is 0 Å². The average molecular weight is 437 g/mol. The van der Waals surface area contributed by atoms with Gasteiger partial charge in [-0.1, -0.05) is 19.9 Å². The van der Waals surface area contributed by atoms with Crippen molar-refractivity contribution in [2.75, 3.05) is 0 Å². The van der Waals surface area contributed by atoms with Gasteiger partial charge in [-0.3, -0.25) is 9.78 Å². The summed E-state index contributed by atoms with van der Waals surface area (Å²) in [4.78, 5) is 17.8. The van der Waals surface area contributed by atoms with Crippen molar-refractivity contribution in [1.29, 1.82) is 5.26 Å². The summed E-state index contributed by atoms with van der Waals surface area (Å²) >= 11 is 0. The van der Waals surface area contributed by atoms with Crippen molar-refractivity contribution in [1.82, 2.24) is 4.98 Å². The van der Waals surface area contributed by atoms with E-state index in [1.165, 1.54) is 0 Å². The monoisotopic (exact) mass is 436 g/mol. The molecule has 5 heteroatoms. The van der Waals surface area contributed by atoms with E-state index in [9.17, 15) is 10.1 Å². The molecule has 0 radical (unpaired) electrons. The number of Topliss-reactive ketones (excluding diaryl/α,β-unsaturated/α-hetero) is 1. The molecule has 2 aromatic carbocycles. The number of rotatable bonds is 4.